The van der Waals surface area contributed by atoms with Crippen molar-refractivity contribution >= 4 is 23.6 Å². The highest BCUT2D eigenvalue weighted by molar-refractivity contribution is 6.04. The highest BCUT2D eigenvalue weighted by Gasteiger charge is 2.09. The third-order valence-corrected chi connectivity index (χ3v) is 2.63. The number of hydrogen-bond donors (Lipinski definition) is 3. The van der Waals surface area contributed by atoms with E-state index >= 15 is 0 Å². The zero-order valence-corrected chi connectivity index (χ0v) is 10.9. The number of benzene rings is 1. The van der Waals surface area contributed by atoms with Crippen molar-refractivity contribution < 1.29 is 14.7 Å². The van der Waals surface area contributed by atoms with Gasteiger partial charge in [-0.3, -0.25) is 9.59 Å². The van der Waals surface area contributed by atoms with Gasteiger partial charge in [0.05, 0.1) is 0 Å². The lowest BCUT2D eigenvalue weighted by Crippen LogP contribution is -2.20. The summed E-state index contributed by atoms with van der Waals surface area (Å²) < 4.78 is 0. The van der Waals surface area contributed by atoms with E-state index in [0.29, 0.717) is 11.3 Å². The van der Waals surface area contributed by atoms with E-state index in [9.17, 15) is 14.4 Å². The van der Waals surface area contributed by atoms with Crippen LogP contribution in [0, 0.1) is 0 Å². The van der Waals surface area contributed by atoms with Crippen molar-refractivity contribution in [2.45, 2.75) is 0 Å². The second-order valence-electron chi connectivity index (χ2n) is 4.17. The number of anilines is 1. The average molecular weight is 284 g/mol. The zero-order valence-electron chi connectivity index (χ0n) is 10.9. The smallest absolute Gasteiger partial charge is 0.328 e. The molecule has 106 valence electrons. The molecule has 0 aliphatic carbocycles. The fraction of sp³-hybridized carbons (Fsp3) is 0. The molecule has 6 nitrogen and oxygen atoms in total. The first kappa shape index (κ1) is 14.3. The third kappa shape index (κ3) is 3.90. The zero-order chi connectivity index (χ0) is 15.2. The minimum absolute atomic E-state index is 0.00369. The summed E-state index contributed by atoms with van der Waals surface area (Å²) in [5, 5.41) is 11.2. The SMILES string of the molecule is O=C(O)/C=C/c1cccc(NC(=O)c2c[nH]ccc2=O)c1. The summed E-state index contributed by atoms with van der Waals surface area (Å²) in [6, 6.07) is 7.89. The van der Waals surface area contributed by atoms with E-state index < -0.39 is 11.9 Å². The summed E-state index contributed by atoms with van der Waals surface area (Å²) in [6.07, 6.45) is 5.18. The fourth-order valence-corrected chi connectivity index (χ4v) is 1.68. The van der Waals surface area contributed by atoms with Crippen molar-refractivity contribution in [3.63, 3.8) is 0 Å². The molecule has 2 rings (SSSR count). The van der Waals surface area contributed by atoms with E-state index in [1.165, 1.54) is 24.5 Å². The number of aliphatic carboxylic acids is 1. The van der Waals surface area contributed by atoms with Gasteiger partial charge in [-0.1, -0.05) is 12.1 Å². The lowest BCUT2D eigenvalue weighted by Gasteiger charge is -2.05. The maximum Gasteiger partial charge on any atom is 0.328 e. The molecule has 1 aromatic carbocycles. The number of aromatic nitrogens is 1. The summed E-state index contributed by atoms with van der Waals surface area (Å²) in [6.45, 7) is 0. The number of aromatic amines is 1. The molecule has 0 bridgehead atoms. The molecule has 0 unspecified atom stereocenters. The standard InChI is InChI=1S/C15H12N2O4/c18-13-6-7-16-9-12(13)15(21)17-11-3-1-2-10(8-11)4-5-14(19)20/h1-9H,(H,16,18)(H,17,21)(H,19,20)/b5-4+. The molecule has 2 aromatic rings. The number of rotatable bonds is 4. The Morgan fingerprint density at radius 1 is 1.24 bits per heavy atom. The summed E-state index contributed by atoms with van der Waals surface area (Å²) in [5.74, 6) is -1.59. The molecule has 0 atom stereocenters. The molecule has 1 amide bonds. The van der Waals surface area contributed by atoms with E-state index in [-0.39, 0.29) is 11.0 Å². The van der Waals surface area contributed by atoms with Gasteiger partial charge in [-0.25, -0.2) is 4.79 Å². The number of hydrogen-bond acceptors (Lipinski definition) is 3. The summed E-state index contributed by atoms with van der Waals surface area (Å²) in [4.78, 5) is 36.6. The quantitative estimate of drug-likeness (QED) is 0.744. The molecule has 0 fully saturated rings. The first-order valence-electron chi connectivity index (χ1n) is 6.06. The van der Waals surface area contributed by atoms with Crippen LogP contribution in [0.15, 0.2) is 53.6 Å². The van der Waals surface area contributed by atoms with Crippen LogP contribution in [0.1, 0.15) is 15.9 Å². The van der Waals surface area contributed by atoms with Crippen LogP contribution in [0.3, 0.4) is 0 Å². The molecule has 0 saturated heterocycles. The largest absolute Gasteiger partial charge is 0.478 e. The van der Waals surface area contributed by atoms with Gasteiger partial charge >= 0.3 is 5.97 Å². The predicted molar refractivity (Wildman–Crippen MR) is 78.1 cm³/mol. The molecule has 3 N–H and O–H groups in total. The maximum absolute atomic E-state index is 12.0. The Morgan fingerprint density at radius 3 is 2.76 bits per heavy atom. The molecule has 0 radical (unpaired) electrons. The van der Waals surface area contributed by atoms with Gasteiger partial charge in [0.2, 0.25) is 0 Å². The number of carbonyl (C=O) groups excluding carboxylic acids is 1. The molecule has 21 heavy (non-hydrogen) atoms. The lowest BCUT2D eigenvalue weighted by molar-refractivity contribution is -0.131. The van der Waals surface area contributed by atoms with Gasteiger partial charge in [0.25, 0.3) is 5.91 Å². The number of carbonyl (C=O) groups is 2. The van der Waals surface area contributed by atoms with Crippen LogP contribution in [-0.4, -0.2) is 22.0 Å². The highest BCUT2D eigenvalue weighted by Crippen LogP contribution is 2.12. The van der Waals surface area contributed by atoms with Gasteiger partial charge in [-0.15, -0.1) is 0 Å². The van der Waals surface area contributed by atoms with Crippen LogP contribution in [0.25, 0.3) is 6.08 Å². The Bertz CT molecular complexity index is 762. The van der Waals surface area contributed by atoms with Gasteiger partial charge < -0.3 is 15.4 Å². The van der Waals surface area contributed by atoms with E-state index in [4.69, 9.17) is 5.11 Å². The van der Waals surface area contributed by atoms with E-state index in [1.54, 1.807) is 24.3 Å². The van der Waals surface area contributed by atoms with Crippen LogP contribution in [-0.2, 0) is 4.79 Å². The first-order chi connectivity index (χ1) is 10.1. The Labute approximate surface area is 119 Å². The normalized spacial score (nSPS) is 10.5. The van der Waals surface area contributed by atoms with Gasteiger partial charge in [0.1, 0.15) is 5.56 Å². The number of amides is 1. The predicted octanol–water partition coefficient (Wildman–Crippen LogP) is 1.72. The molecular formula is C15H12N2O4. The average Bonchev–Trinajstić information content (AvgIpc) is 2.46. The molecule has 1 heterocycles. The number of carboxylic acid groups (broad SMARTS) is 1. The van der Waals surface area contributed by atoms with Crippen molar-refractivity contribution in [3.05, 3.63) is 70.2 Å². The third-order valence-electron chi connectivity index (χ3n) is 2.63. The van der Waals surface area contributed by atoms with Crippen LogP contribution >= 0.6 is 0 Å². The second kappa shape index (κ2) is 6.33. The molecule has 0 saturated carbocycles. The molecule has 6 heteroatoms. The van der Waals surface area contributed by atoms with Gasteiger partial charge in [0, 0.05) is 30.2 Å². The molecule has 0 spiro atoms. The second-order valence-corrected chi connectivity index (χ2v) is 4.17. The summed E-state index contributed by atoms with van der Waals surface area (Å²) in [5.41, 5.74) is 0.713. The van der Waals surface area contributed by atoms with E-state index in [1.807, 2.05) is 0 Å². The van der Waals surface area contributed by atoms with Gasteiger partial charge in [0.15, 0.2) is 5.43 Å². The number of H-pyrrole nitrogens is 1. The van der Waals surface area contributed by atoms with Gasteiger partial charge in [-0.05, 0) is 23.8 Å². The maximum atomic E-state index is 12.0. The molecule has 1 aromatic heterocycles. The highest BCUT2D eigenvalue weighted by atomic mass is 16.4. The minimum Gasteiger partial charge on any atom is -0.478 e. The van der Waals surface area contributed by atoms with Crippen LogP contribution in [0.2, 0.25) is 0 Å². The topological polar surface area (TPSA) is 99.3 Å². The lowest BCUT2D eigenvalue weighted by atomic mass is 10.1. The van der Waals surface area contributed by atoms with Crippen molar-refractivity contribution in [3.8, 4) is 0 Å². The molecule has 0 aliphatic heterocycles. The van der Waals surface area contributed by atoms with Crippen LogP contribution in [0.4, 0.5) is 5.69 Å². The van der Waals surface area contributed by atoms with Crippen molar-refractivity contribution in [2.24, 2.45) is 0 Å². The number of pyridine rings is 1. The fourth-order valence-electron chi connectivity index (χ4n) is 1.68. The van der Waals surface area contributed by atoms with E-state index in [2.05, 4.69) is 10.3 Å². The Morgan fingerprint density at radius 2 is 2.05 bits per heavy atom. The first-order valence-corrected chi connectivity index (χ1v) is 6.06. The van der Waals surface area contributed by atoms with Crippen molar-refractivity contribution in [1.82, 2.24) is 4.98 Å². The number of nitrogens with one attached hydrogen (secondary N) is 2. The Hall–Kier alpha value is -3.15. The van der Waals surface area contributed by atoms with Gasteiger partial charge in [-0.2, -0.15) is 0 Å². The van der Waals surface area contributed by atoms with Crippen molar-refractivity contribution in [1.29, 1.82) is 0 Å². The summed E-state index contributed by atoms with van der Waals surface area (Å²) in [7, 11) is 0. The Kier molecular flexibility index (Phi) is 4.30. The number of carboxylic acids is 1. The minimum atomic E-state index is -1.06. The van der Waals surface area contributed by atoms with Crippen molar-refractivity contribution in [2.75, 3.05) is 5.32 Å². The van der Waals surface area contributed by atoms with Crippen LogP contribution in [0.5, 0.6) is 0 Å². The summed E-state index contributed by atoms with van der Waals surface area (Å²) >= 11 is 0. The molecular weight excluding hydrogens is 272 g/mol. The van der Waals surface area contributed by atoms with E-state index in [0.717, 1.165) is 6.08 Å². The monoisotopic (exact) mass is 284 g/mol. The van der Waals surface area contributed by atoms with Crippen LogP contribution < -0.4 is 10.7 Å². The molecule has 0 aliphatic rings. The Balaban J connectivity index is 2.19.